The molecule has 0 radical (unpaired) electrons. The number of thiazole rings is 1. The van der Waals surface area contributed by atoms with Crippen molar-refractivity contribution in [3.63, 3.8) is 0 Å². The molecule has 1 aromatic heterocycles. The predicted octanol–water partition coefficient (Wildman–Crippen LogP) is 1.75. The van der Waals surface area contributed by atoms with Gasteiger partial charge in [0.25, 0.3) is 0 Å². The lowest BCUT2D eigenvalue weighted by molar-refractivity contribution is 0.601. The molecule has 0 amide bonds. The lowest BCUT2D eigenvalue weighted by Crippen LogP contribution is -2.32. The minimum Gasteiger partial charge on any atom is -0.347 e. The second kappa shape index (κ2) is 5.99. The van der Waals surface area contributed by atoms with Gasteiger partial charge in [0.15, 0.2) is 15.0 Å². The fraction of sp³-hybridized carbons (Fsp3) is 0.769. The molecule has 0 spiro atoms. The molecule has 114 valence electrons. The molecule has 20 heavy (non-hydrogen) atoms. The van der Waals surface area contributed by atoms with Crippen LogP contribution in [0.3, 0.4) is 0 Å². The van der Waals surface area contributed by atoms with Crippen molar-refractivity contribution in [1.29, 1.82) is 0 Å². The van der Waals surface area contributed by atoms with Crippen molar-refractivity contribution in [3.05, 3.63) is 10.6 Å². The zero-order valence-corrected chi connectivity index (χ0v) is 14.1. The Morgan fingerprint density at radius 1 is 1.55 bits per heavy atom. The molecule has 1 saturated heterocycles. The normalized spacial score (nSPS) is 22.9. The molecule has 1 aromatic rings. The molecule has 1 fully saturated rings. The maximum atomic E-state index is 11.6. The molecule has 0 bridgehead atoms. The predicted molar refractivity (Wildman–Crippen MR) is 84.4 cm³/mol. The molecule has 0 saturated carbocycles. The van der Waals surface area contributed by atoms with Crippen LogP contribution >= 0.6 is 11.3 Å². The first-order chi connectivity index (χ1) is 9.34. The summed E-state index contributed by atoms with van der Waals surface area (Å²) in [5, 5.41) is 4.31. The van der Waals surface area contributed by atoms with E-state index in [0.717, 1.165) is 17.4 Å². The summed E-state index contributed by atoms with van der Waals surface area (Å²) in [5.74, 6) is 0.549. The molecular weight excluding hydrogens is 294 g/mol. The molecule has 2 unspecified atom stereocenters. The second-order valence-corrected chi connectivity index (χ2v) is 8.63. The standard InChI is InChI=1S/C13H23N3O2S2/c1-5-14-9(2)12-10(3)15-13(19-12)16(4)11-6-7-20(17,18)8-11/h9,11,14H,5-8H2,1-4H3. The van der Waals surface area contributed by atoms with E-state index in [2.05, 4.69) is 24.1 Å². The van der Waals surface area contributed by atoms with Crippen LogP contribution in [0.25, 0.3) is 0 Å². The molecule has 7 heteroatoms. The van der Waals surface area contributed by atoms with Crippen LogP contribution in [0, 0.1) is 6.92 Å². The smallest absolute Gasteiger partial charge is 0.185 e. The SMILES string of the molecule is CCNC(C)c1sc(N(C)C2CCS(=O)(=O)C2)nc1C. The van der Waals surface area contributed by atoms with Crippen LogP contribution in [0.5, 0.6) is 0 Å². The summed E-state index contributed by atoms with van der Waals surface area (Å²) in [6.45, 7) is 7.16. The largest absolute Gasteiger partial charge is 0.347 e. The van der Waals surface area contributed by atoms with E-state index >= 15 is 0 Å². The number of aromatic nitrogens is 1. The Balaban J connectivity index is 2.15. The van der Waals surface area contributed by atoms with E-state index in [1.165, 1.54) is 4.88 Å². The summed E-state index contributed by atoms with van der Waals surface area (Å²) >= 11 is 1.66. The summed E-state index contributed by atoms with van der Waals surface area (Å²) in [6.07, 6.45) is 0.704. The Morgan fingerprint density at radius 3 is 2.80 bits per heavy atom. The van der Waals surface area contributed by atoms with Crippen LogP contribution in [-0.2, 0) is 9.84 Å². The third-order valence-corrected chi connectivity index (χ3v) is 6.96. The maximum absolute atomic E-state index is 11.6. The van der Waals surface area contributed by atoms with Gasteiger partial charge < -0.3 is 10.2 Å². The van der Waals surface area contributed by atoms with Gasteiger partial charge in [-0.1, -0.05) is 6.92 Å². The second-order valence-electron chi connectivity index (χ2n) is 5.39. The Hall–Kier alpha value is -0.660. The van der Waals surface area contributed by atoms with Crippen molar-refractivity contribution in [2.45, 2.75) is 39.3 Å². The zero-order valence-electron chi connectivity index (χ0n) is 12.5. The first-order valence-corrected chi connectivity index (χ1v) is 9.61. The Morgan fingerprint density at radius 2 is 2.25 bits per heavy atom. The summed E-state index contributed by atoms with van der Waals surface area (Å²) in [7, 11) is -0.904. The fourth-order valence-corrected chi connectivity index (χ4v) is 5.48. The average Bonchev–Trinajstić information content (AvgIpc) is 2.92. The van der Waals surface area contributed by atoms with Crippen molar-refractivity contribution >= 4 is 26.3 Å². The molecule has 1 aliphatic rings. The number of aryl methyl sites for hydroxylation is 1. The van der Waals surface area contributed by atoms with Crippen LogP contribution in [-0.4, -0.2) is 44.5 Å². The van der Waals surface area contributed by atoms with Crippen molar-refractivity contribution < 1.29 is 8.42 Å². The minimum atomic E-state index is -2.85. The number of rotatable bonds is 5. The number of nitrogens with one attached hydrogen (secondary N) is 1. The van der Waals surface area contributed by atoms with Crippen LogP contribution in [0.2, 0.25) is 0 Å². The van der Waals surface area contributed by atoms with E-state index in [4.69, 9.17) is 0 Å². The highest BCUT2D eigenvalue weighted by Gasteiger charge is 2.32. The lowest BCUT2D eigenvalue weighted by atomic mass is 10.2. The number of hydrogen-bond acceptors (Lipinski definition) is 6. The van der Waals surface area contributed by atoms with Gasteiger partial charge in [-0.25, -0.2) is 13.4 Å². The number of sulfone groups is 1. The van der Waals surface area contributed by atoms with E-state index in [1.807, 2.05) is 18.9 Å². The highest BCUT2D eigenvalue weighted by Crippen LogP contribution is 2.32. The summed E-state index contributed by atoms with van der Waals surface area (Å²) in [5.41, 5.74) is 1.03. The first-order valence-electron chi connectivity index (χ1n) is 6.98. The maximum Gasteiger partial charge on any atom is 0.185 e. The molecule has 5 nitrogen and oxygen atoms in total. The Labute approximate surface area is 125 Å². The molecule has 2 rings (SSSR count). The molecule has 2 atom stereocenters. The van der Waals surface area contributed by atoms with Gasteiger partial charge in [-0.15, -0.1) is 11.3 Å². The van der Waals surface area contributed by atoms with Gasteiger partial charge in [-0.05, 0) is 26.8 Å². The van der Waals surface area contributed by atoms with Crippen LogP contribution in [0.15, 0.2) is 0 Å². The van der Waals surface area contributed by atoms with E-state index < -0.39 is 9.84 Å². The van der Waals surface area contributed by atoms with Crippen LogP contribution in [0.4, 0.5) is 5.13 Å². The van der Waals surface area contributed by atoms with Crippen molar-refractivity contribution in [3.8, 4) is 0 Å². The molecule has 1 N–H and O–H groups in total. The minimum absolute atomic E-state index is 0.0628. The van der Waals surface area contributed by atoms with Gasteiger partial charge in [-0.3, -0.25) is 0 Å². The van der Waals surface area contributed by atoms with Crippen LogP contribution < -0.4 is 10.2 Å². The lowest BCUT2D eigenvalue weighted by Gasteiger charge is -2.22. The fourth-order valence-electron chi connectivity index (χ4n) is 2.58. The van der Waals surface area contributed by atoms with Gasteiger partial charge >= 0.3 is 0 Å². The van der Waals surface area contributed by atoms with Crippen LogP contribution in [0.1, 0.15) is 36.9 Å². The number of hydrogen-bond donors (Lipinski definition) is 1. The van der Waals surface area contributed by atoms with Gasteiger partial charge in [0.1, 0.15) is 0 Å². The monoisotopic (exact) mass is 317 g/mol. The third-order valence-electron chi connectivity index (χ3n) is 3.78. The first kappa shape index (κ1) is 15.7. The Bertz CT molecular complexity index is 568. The van der Waals surface area contributed by atoms with E-state index in [-0.39, 0.29) is 17.8 Å². The van der Waals surface area contributed by atoms with E-state index in [1.54, 1.807) is 11.3 Å². The highest BCUT2D eigenvalue weighted by molar-refractivity contribution is 7.91. The van der Waals surface area contributed by atoms with Gasteiger partial charge in [0.2, 0.25) is 0 Å². The quantitative estimate of drug-likeness (QED) is 0.896. The molecule has 1 aliphatic heterocycles. The Kier molecular flexibility index (Phi) is 4.71. The molecule has 0 aliphatic carbocycles. The van der Waals surface area contributed by atoms with Crippen molar-refractivity contribution in [2.24, 2.45) is 0 Å². The molecule has 2 heterocycles. The summed E-state index contributed by atoms with van der Waals surface area (Å²) < 4.78 is 23.2. The number of anilines is 1. The highest BCUT2D eigenvalue weighted by atomic mass is 32.2. The summed E-state index contributed by atoms with van der Waals surface area (Å²) in [6, 6.07) is 0.347. The number of nitrogens with zero attached hydrogens (tertiary/aromatic N) is 2. The van der Waals surface area contributed by atoms with Gasteiger partial charge in [0.05, 0.1) is 17.2 Å². The van der Waals surface area contributed by atoms with E-state index in [0.29, 0.717) is 12.2 Å². The van der Waals surface area contributed by atoms with Gasteiger partial charge in [0, 0.05) is 24.0 Å². The molecular formula is C13H23N3O2S2. The summed E-state index contributed by atoms with van der Waals surface area (Å²) in [4.78, 5) is 7.88. The molecule has 0 aromatic carbocycles. The van der Waals surface area contributed by atoms with E-state index in [9.17, 15) is 8.42 Å². The van der Waals surface area contributed by atoms with Crippen molar-refractivity contribution in [1.82, 2.24) is 10.3 Å². The topological polar surface area (TPSA) is 62.3 Å². The van der Waals surface area contributed by atoms with Gasteiger partial charge in [-0.2, -0.15) is 0 Å². The third kappa shape index (κ3) is 3.32. The zero-order chi connectivity index (χ0) is 14.9. The average molecular weight is 317 g/mol. The van der Waals surface area contributed by atoms with Crippen molar-refractivity contribution in [2.75, 3.05) is 30.0 Å².